The van der Waals surface area contributed by atoms with Gasteiger partial charge in [0.1, 0.15) is 0 Å². The van der Waals surface area contributed by atoms with Crippen LogP contribution in [0.1, 0.15) is 27.7 Å². The first-order chi connectivity index (χ1) is 7.11. The molecule has 0 aliphatic heterocycles. The van der Waals surface area contributed by atoms with E-state index in [4.69, 9.17) is 0 Å². The molecule has 1 rings (SSSR count). The van der Waals surface area contributed by atoms with Gasteiger partial charge in [0.2, 0.25) is 0 Å². The van der Waals surface area contributed by atoms with Crippen molar-refractivity contribution in [3.63, 3.8) is 0 Å². The van der Waals surface area contributed by atoms with Crippen LogP contribution >= 0.6 is 22.6 Å². The van der Waals surface area contributed by atoms with Gasteiger partial charge in [-0.3, -0.25) is 0 Å². The van der Waals surface area contributed by atoms with Crippen molar-refractivity contribution in [2.24, 2.45) is 0 Å². The maximum Gasteiger partial charge on any atom is 0.0350 e. The molecule has 1 aliphatic carbocycles. The Balaban J connectivity index is 3.43. The quantitative estimate of drug-likeness (QED) is 0.505. The number of halogens is 1. The van der Waals surface area contributed by atoms with E-state index in [0.717, 1.165) is 5.57 Å². The van der Waals surface area contributed by atoms with Crippen LogP contribution in [0.25, 0.3) is 0 Å². The number of allylic oxidation sites excluding steroid dienone is 7. The number of hydrogen-bond acceptors (Lipinski definition) is 0. The normalized spacial score (nSPS) is 17.3. The molecule has 0 amide bonds. The molecule has 0 radical (unpaired) electrons. The van der Waals surface area contributed by atoms with Gasteiger partial charge in [-0.15, -0.1) is 0 Å². The lowest BCUT2D eigenvalue weighted by molar-refractivity contribution is 1.25. The first kappa shape index (κ1) is 12.3. The first-order valence-electron chi connectivity index (χ1n) is 4.96. The van der Waals surface area contributed by atoms with Crippen LogP contribution in [0.15, 0.2) is 55.6 Å². The molecule has 78 valence electrons. The molecule has 0 unspecified atom stereocenters. The van der Waals surface area contributed by atoms with Crippen molar-refractivity contribution in [2.75, 3.05) is 0 Å². The molecule has 0 bridgehead atoms. The predicted octanol–water partition coefficient (Wildman–Crippen LogP) is 4.86. The molecule has 15 heavy (non-hydrogen) atoms. The van der Waals surface area contributed by atoms with Crippen molar-refractivity contribution in [1.82, 2.24) is 0 Å². The van der Waals surface area contributed by atoms with Gasteiger partial charge in [0.15, 0.2) is 0 Å². The summed E-state index contributed by atoms with van der Waals surface area (Å²) in [7, 11) is 0. The van der Waals surface area contributed by atoms with Gasteiger partial charge in [-0.1, -0.05) is 40.1 Å². The fourth-order valence-electron chi connectivity index (χ4n) is 1.43. The maximum atomic E-state index is 3.23. The molecule has 0 aromatic rings. The van der Waals surface area contributed by atoms with Crippen LogP contribution < -0.4 is 0 Å². The summed E-state index contributed by atoms with van der Waals surface area (Å²) in [6.45, 7) is 8.37. The Kier molecular flexibility index (Phi) is 4.41. The summed E-state index contributed by atoms with van der Waals surface area (Å²) >= 11 is 2.25. The molecule has 0 heterocycles. The zero-order valence-electron chi connectivity index (χ0n) is 9.61. The highest BCUT2D eigenvalue weighted by Crippen LogP contribution is 2.28. The second kappa shape index (κ2) is 5.37. The minimum atomic E-state index is 1.16. The van der Waals surface area contributed by atoms with Crippen molar-refractivity contribution < 1.29 is 0 Å². The highest BCUT2D eigenvalue weighted by atomic mass is 127. The smallest absolute Gasteiger partial charge is 0.0350 e. The molecule has 0 N–H and O–H groups in total. The largest absolute Gasteiger partial charge is 0.0835 e. The molecule has 1 aliphatic rings. The zero-order chi connectivity index (χ0) is 11.4. The fourth-order valence-corrected chi connectivity index (χ4v) is 1.79. The Morgan fingerprint density at radius 3 is 2.47 bits per heavy atom. The summed E-state index contributed by atoms with van der Waals surface area (Å²) in [5.41, 5.74) is 12.5. The van der Waals surface area contributed by atoms with Gasteiger partial charge in [0.05, 0.1) is 0 Å². The van der Waals surface area contributed by atoms with Crippen LogP contribution in [0.3, 0.4) is 0 Å². The van der Waals surface area contributed by atoms with Crippen LogP contribution in [0.4, 0.5) is 0 Å². The van der Waals surface area contributed by atoms with Crippen LogP contribution in [0, 0.1) is 0 Å². The fraction of sp³-hybridized carbons (Fsp3) is 0.286. The Morgan fingerprint density at radius 1 is 1.27 bits per heavy atom. The van der Waals surface area contributed by atoms with Gasteiger partial charge in [0.25, 0.3) is 0 Å². The molecule has 1 heteroatoms. The molecular formula is C14H15I. The van der Waals surface area contributed by atoms with Gasteiger partial charge in [-0.25, -0.2) is 0 Å². The van der Waals surface area contributed by atoms with E-state index in [1.165, 1.54) is 22.3 Å². The third kappa shape index (κ3) is 2.63. The lowest BCUT2D eigenvalue weighted by atomic mass is 9.90. The van der Waals surface area contributed by atoms with E-state index in [1.54, 1.807) is 0 Å². The van der Waals surface area contributed by atoms with E-state index in [2.05, 4.69) is 73.9 Å². The van der Waals surface area contributed by atoms with E-state index < -0.39 is 0 Å². The molecule has 0 atom stereocenters. The highest BCUT2D eigenvalue weighted by Gasteiger charge is 2.11. The van der Waals surface area contributed by atoms with Crippen molar-refractivity contribution in [3.8, 4) is 0 Å². The minimum Gasteiger partial charge on any atom is -0.0835 e. The molecule has 0 aromatic heterocycles. The SMILES string of the molecule is C/C=C(\C)C1=C=C=C(C)C(C)=C1/C=C\I. The zero-order valence-corrected chi connectivity index (χ0v) is 11.8. The average Bonchev–Trinajstić information content (AvgIpc) is 2.24. The second-order valence-corrected chi connectivity index (χ2v) is 4.27. The highest BCUT2D eigenvalue weighted by molar-refractivity contribution is 14.1. The van der Waals surface area contributed by atoms with Gasteiger partial charge in [0, 0.05) is 11.1 Å². The van der Waals surface area contributed by atoms with Crippen molar-refractivity contribution in [3.05, 3.63) is 55.6 Å². The van der Waals surface area contributed by atoms with Crippen molar-refractivity contribution >= 4 is 22.6 Å². The average molecular weight is 310 g/mol. The Morgan fingerprint density at radius 2 is 1.93 bits per heavy atom. The molecule has 0 saturated carbocycles. The monoisotopic (exact) mass is 310 g/mol. The Labute approximate surface area is 106 Å². The molecule has 0 spiro atoms. The summed E-state index contributed by atoms with van der Waals surface area (Å²) in [4.78, 5) is 0. The van der Waals surface area contributed by atoms with Crippen LogP contribution in [-0.2, 0) is 0 Å². The Hall–Kier alpha value is -0.750. The summed E-state index contributed by atoms with van der Waals surface area (Å²) in [5.74, 6) is 0. The van der Waals surface area contributed by atoms with Crippen molar-refractivity contribution in [1.29, 1.82) is 0 Å². The van der Waals surface area contributed by atoms with Crippen molar-refractivity contribution in [2.45, 2.75) is 27.7 Å². The van der Waals surface area contributed by atoms with Crippen LogP contribution in [-0.4, -0.2) is 0 Å². The summed E-state index contributed by atoms with van der Waals surface area (Å²) in [6.07, 6.45) is 4.24. The van der Waals surface area contributed by atoms with Gasteiger partial charge in [-0.05, 0) is 54.6 Å². The lowest BCUT2D eigenvalue weighted by Crippen LogP contribution is -1.96. The third-order valence-corrected chi connectivity index (χ3v) is 3.03. The van der Waals surface area contributed by atoms with E-state index >= 15 is 0 Å². The third-order valence-electron chi connectivity index (χ3n) is 2.67. The van der Waals surface area contributed by atoms with E-state index in [9.17, 15) is 0 Å². The standard InChI is InChI=1S/C14H15I/c1-5-10(2)13-7-6-11(3)12(4)14(13)8-9-15/h5,8-9H,1-4H3/b9-8-,10-5+. The van der Waals surface area contributed by atoms with Gasteiger partial charge in [-0.2, -0.15) is 0 Å². The lowest BCUT2D eigenvalue weighted by Gasteiger charge is -2.13. The maximum absolute atomic E-state index is 3.23. The summed E-state index contributed by atoms with van der Waals surface area (Å²) in [5, 5.41) is 0. The summed E-state index contributed by atoms with van der Waals surface area (Å²) in [6, 6.07) is 0. The second-order valence-electron chi connectivity index (χ2n) is 3.55. The molecular weight excluding hydrogens is 295 g/mol. The predicted molar refractivity (Wildman–Crippen MR) is 75.0 cm³/mol. The van der Waals surface area contributed by atoms with Gasteiger partial charge >= 0.3 is 0 Å². The first-order valence-corrected chi connectivity index (χ1v) is 6.20. The van der Waals surface area contributed by atoms with E-state index in [-0.39, 0.29) is 0 Å². The van der Waals surface area contributed by atoms with E-state index in [0.29, 0.717) is 0 Å². The Bertz CT molecular complexity index is 458. The molecule has 0 aromatic carbocycles. The van der Waals surface area contributed by atoms with Crippen LogP contribution in [0.2, 0.25) is 0 Å². The number of hydrogen-bond donors (Lipinski definition) is 0. The van der Waals surface area contributed by atoms with Gasteiger partial charge < -0.3 is 0 Å². The van der Waals surface area contributed by atoms with Crippen LogP contribution in [0.5, 0.6) is 0 Å². The number of rotatable bonds is 2. The summed E-state index contributed by atoms with van der Waals surface area (Å²) < 4.78 is 2.04. The van der Waals surface area contributed by atoms with E-state index in [1.807, 2.05) is 4.08 Å². The minimum absolute atomic E-state index is 1.16. The molecule has 0 fully saturated rings. The topological polar surface area (TPSA) is 0 Å². The molecule has 0 saturated heterocycles. The molecule has 0 nitrogen and oxygen atoms in total.